The molecule has 0 aliphatic heterocycles. The van der Waals surface area contributed by atoms with E-state index in [0.29, 0.717) is 0 Å². The van der Waals surface area contributed by atoms with Gasteiger partial charge in [0.2, 0.25) is 10.6 Å². The van der Waals surface area contributed by atoms with E-state index in [-0.39, 0.29) is 27.8 Å². The van der Waals surface area contributed by atoms with E-state index < -0.39 is 5.92 Å². The maximum atomic E-state index is 13.1. The van der Waals surface area contributed by atoms with Crippen molar-refractivity contribution in [1.29, 1.82) is 0 Å². The molecule has 0 aliphatic carbocycles. The molecule has 2 heterocycles. The molecule has 2 aromatic heterocycles. The van der Waals surface area contributed by atoms with Gasteiger partial charge in [0.1, 0.15) is 11.4 Å². The van der Waals surface area contributed by atoms with Crippen LogP contribution in [-0.2, 0) is 5.92 Å². The summed E-state index contributed by atoms with van der Waals surface area (Å²) in [7, 11) is 0. The summed E-state index contributed by atoms with van der Waals surface area (Å²) >= 11 is 11.2. The molecule has 0 unspecified atom stereocenters. The SMILES string of the molecule is CC(F)(F)c1cccc(-c2nc(Cl)nc(Cl)n2)n1. The largest absolute Gasteiger partial charge is 0.286 e. The number of hydrogen-bond donors (Lipinski definition) is 0. The number of hydrogen-bond acceptors (Lipinski definition) is 4. The van der Waals surface area contributed by atoms with Gasteiger partial charge < -0.3 is 0 Å². The van der Waals surface area contributed by atoms with Gasteiger partial charge in [-0.3, -0.25) is 0 Å². The fourth-order valence-corrected chi connectivity index (χ4v) is 1.61. The molecule has 0 fully saturated rings. The van der Waals surface area contributed by atoms with Crippen molar-refractivity contribution in [2.75, 3.05) is 0 Å². The van der Waals surface area contributed by atoms with Crippen molar-refractivity contribution < 1.29 is 8.78 Å². The molecule has 18 heavy (non-hydrogen) atoms. The van der Waals surface area contributed by atoms with Gasteiger partial charge in [-0.25, -0.2) is 4.98 Å². The molecule has 0 saturated heterocycles. The lowest BCUT2D eigenvalue weighted by atomic mass is 10.2. The molecule has 0 aromatic carbocycles. The molecule has 0 amide bonds. The van der Waals surface area contributed by atoms with Gasteiger partial charge in [-0.1, -0.05) is 6.07 Å². The first-order valence-corrected chi connectivity index (χ1v) is 5.54. The van der Waals surface area contributed by atoms with E-state index in [1.807, 2.05) is 0 Å². The Kier molecular flexibility index (Phi) is 3.41. The number of pyridine rings is 1. The molecule has 0 aliphatic rings. The lowest BCUT2D eigenvalue weighted by Gasteiger charge is -2.10. The summed E-state index contributed by atoms with van der Waals surface area (Å²) in [6, 6.07) is 4.13. The first-order valence-electron chi connectivity index (χ1n) is 4.79. The molecule has 94 valence electrons. The van der Waals surface area contributed by atoms with Gasteiger partial charge in [-0.05, 0) is 35.3 Å². The molecule has 4 nitrogen and oxygen atoms in total. The van der Waals surface area contributed by atoms with E-state index in [0.717, 1.165) is 6.92 Å². The Morgan fingerprint density at radius 3 is 2.17 bits per heavy atom. The Labute approximate surface area is 111 Å². The van der Waals surface area contributed by atoms with E-state index in [9.17, 15) is 8.78 Å². The normalized spacial score (nSPS) is 11.6. The summed E-state index contributed by atoms with van der Waals surface area (Å²) in [4.78, 5) is 14.9. The average molecular weight is 291 g/mol. The second-order valence-corrected chi connectivity index (χ2v) is 4.17. The van der Waals surface area contributed by atoms with Crippen LogP contribution in [0.2, 0.25) is 10.6 Å². The van der Waals surface area contributed by atoms with Crippen LogP contribution < -0.4 is 0 Å². The van der Waals surface area contributed by atoms with Crippen LogP contribution in [0, 0.1) is 0 Å². The predicted octanol–water partition coefficient (Wildman–Crippen LogP) is 3.35. The monoisotopic (exact) mass is 290 g/mol. The molecule has 8 heteroatoms. The molecule has 0 radical (unpaired) electrons. The standard InChI is InChI=1S/C10H6Cl2F2N4/c1-10(13,14)6-4-2-3-5(15-6)7-16-8(11)18-9(12)17-7/h2-4H,1H3. The van der Waals surface area contributed by atoms with Gasteiger partial charge in [0, 0.05) is 6.92 Å². The van der Waals surface area contributed by atoms with Gasteiger partial charge in [-0.15, -0.1) is 0 Å². The van der Waals surface area contributed by atoms with Crippen LogP contribution in [0.4, 0.5) is 8.78 Å². The van der Waals surface area contributed by atoms with Crippen molar-refractivity contribution in [3.63, 3.8) is 0 Å². The highest BCUT2D eigenvalue weighted by Crippen LogP contribution is 2.26. The van der Waals surface area contributed by atoms with Crippen LogP contribution in [0.1, 0.15) is 12.6 Å². The first-order chi connectivity index (χ1) is 8.36. The Hall–Kier alpha value is -1.40. The van der Waals surface area contributed by atoms with Gasteiger partial charge >= 0.3 is 0 Å². The summed E-state index contributed by atoms with van der Waals surface area (Å²) in [6.07, 6.45) is 0. The van der Waals surface area contributed by atoms with Crippen LogP contribution >= 0.6 is 23.2 Å². The Morgan fingerprint density at radius 2 is 1.61 bits per heavy atom. The van der Waals surface area contributed by atoms with Crippen molar-refractivity contribution in [1.82, 2.24) is 19.9 Å². The molecule has 2 aromatic rings. The minimum Gasteiger partial charge on any atom is -0.243 e. The summed E-state index contributed by atoms with van der Waals surface area (Å²) in [5, 5.41) is -0.249. The van der Waals surface area contributed by atoms with E-state index in [1.165, 1.54) is 18.2 Å². The highest BCUT2D eigenvalue weighted by Gasteiger charge is 2.26. The molecule has 0 spiro atoms. The van der Waals surface area contributed by atoms with E-state index >= 15 is 0 Å². The number of alkyl halides is 2. The van der Waals surface area contributed by atoms with Crippen LogP contribution in [0.25, 0.3) is 11.5 Å². The minimum absolute atomic E-state index is 0.0473. The fraction of sp³-hybridized carbons (Fsp3) is 0.200. The highest BCUT2D eigenvalue weighted by atomic mass is 35.5. The van der Waals surface area contributed by atoms with Crippen molar-refractivity contribution in [3.8, 4) is 11.5 Å². The smallest absolute Gasteiger partial charge is 0.243 e. The third kappa shape index (κ3) is 2.88. The van der Waals surface area contributed by atoms with Crippen molar-refractivity contribution >= 4 is 23.2 Å². The van der Waals surface area contributed by atoms with E-state index in [2.05, 4.69) is 19.9 Å². The van der Waals surface area contributed by atoms with Gasteiger partial charge in [0.05, 0.1) is 0 Å². The van der Waals surface area contributed by atoms with Crippen molar-refractivity contribution in [3.05, 3.63) is 34.5 Å². The third-order valence-electron chi connectivity index (χ3n) is 2.01. The summed E-state index contributed by atoms with van der Waals surface area (Å²) in [5.41, 5.74) is -0.229. The second-order valence-electron chi connectivity index (χ2n) is 3.49. The zero-order valence-corrected chi connectivity index (χ0v) is 10.5. The van der Waals surface area contributed by atoms with Gasteiger partial charge in [-0.2, -0.15) is 23.7 Å². The molecular weight excluding hydrogens is 285 g/mol. The Bertz CT molecular complexity index is 566. The summed E-state index contributed by atoms with van der Waals surface area (Å²) in [5.74, 6) is -3.00. The maximum absolute atomic E-state index is 13.1. The second kappa shape index (κ2) is 4.70. The van der Waals surface area contributed by atoms with Crippen LogP contribution in [0.5, 0.6) is 0 Å². The zero-order valence-electron chi connectivity index (χ0n) is 9.03. The lowest BCUT2D eigenvalue weighted by Crippen LogP contribution is -2.10. The molecule has 0 bridgehead atoms. The minimum atomic E-state index is -3.05. The molecule has 0 atom stereocenters. The average Bonchev–Trinajstić information content (AvgIpc) is 2.27. The number of rotatable bonds is 2. The summed E-state index contributed by atoms with van der Waals surface area (Å²) in [6.45, 7) is 0.756. The number of halogens is 4. The van der Waals surface area contributed by atoms with Crippen molar-refractivity contribution in [2.45, 2.75) is 12.8 Å². The fourth-order valence-electron chi connectivity index (χ4n) is 1.24. The number of aromatic nitrogens is 4. The predicted molar refractivity (Wildman–Crippen MR) is 62.6 cm³/mol. The van der Waals surface area contributed by atoms with Crippen LogP contribution in [0.15, 0.2) is 18.2 Å². The quantitative estimate of drug-likeness (QED) is 0.851. The molecule has 2 rings (SSSR count). The van der Waals surface area contributed by atoms with Gasteiger partial charge in [0.15, 0.2) is 5.82 Å². The van der Waals surface area contributed by atoms with Crippen molar-refractivity contribution in [2.24, 2.45) is 0 Å². The molecule has 0 N–H and O–H groups in total. The van der Waals surface area contributed by atoms with E-state index in [1.54, 1.807) is 0 Å². The van der Waals surface area contributed by atoms with Crippen LogP contribution in [-0.4, -0.2) is 19.9 Å². The highest BCUT2D eigenvalue weighted by molar-refractivity contribution is 6.31. The summed E-state index contributed by atoms with van der Waals surface area (Å²) < 4.78 is 26.3. The third-order valence-corrected chi connectivity index (χ3v) is 2.35. The Morgan fingerprint density at radius 1 is 1.00 bits per heavy atom. The first kappa shape index (κ1) is 13.0. The van der Waals surface area contributed by atoms with Gasteiger partial charge in [0.25, 0.3) is 5.92 Å². The zero-order chi connectivity index (χ0) is 13.3. The van der Waals surface area contributed by atoms with E-state index in [4.69, 9.17) is 23.2 Å². The molecule has 0 saturated carbocycles. The topological polar surface area (TPSA) is 51.6 Å². The molecular formula is C10H6Cl2F2N4. The Balaban J connectivity index is 2.51. The lowest BCUT2D eigenvalue weighted by molar-refractivity contribution is 0.0129. The van der Waals surface area contributed by atoms with Crippen LogP contribution in [0.3, 0.4) is 0 Å². The maximum Gasteiger partial charge on any atom is 0.286 e. The number of nitrogens with zero attached hydrogens (tertiary/aromatic N) is 4.